The van der Waals surface area contributed by atoms with E-state index in [1.165, 1.54) is 21.9 Å². The van der Waals surface area contributed by atoms with Crippen LogP contribution < -0.4 is 16.2 Å². The summed E-state index contributed by atoms with van der Waals surface area (Å²) in [5, 5.41) is 7.33. The molecule has 7 nitrogen and oxygen atoms in total. The van der Waals surface area contributed by atoms with Crippen LogP contribution in [0.15, 0.2) is 52.9 Å². The summed E-state index contributed by atoms with van der Waals surface area (Å²) < 4.78 is 7.42. The van der Waals surface area contributed by atoms with E-state index in [1.807, 2.05) is 30.3 Å². The largest absolute Gasteiger partial charge is 0.371 e. The number of amides is 2. The van der Waals surface area contributed by atoms with Gasteiger partial charge in [0.15, 0.2) is 4.96 Å². The Hall–Kier alpha value is -2.71. The third-order valence-electron chi connectivity index (χ3n) is 4.67. The second-order valence-electron chi connectivity index (χ2n) is 6.50. The predicted molar refractivity (Wildman–Crippen MR) is 104 cm³/mol. The summed E-state index contributed by atoms with van der Waals surface area (Å²) in [6.45, 7) is 0.519. The fourth-order valence-corrected chi connectivity index (χ4v) is 3.98. The van der Waals surface area contributed by atoms with Gasteiger partial charge in [-0.05, 0) is 24.8 Å². The fraction of sp³-hybridized carbons (Fsp3) is 0.316. The van der Waals surface area contributed by atoms with Crippen LogP contribution in [0.3, 0.4) is 0 Å². The monoisotopic (exact) mass is 384 g/mol. The maximum Gasteiger partial charge on any atom is 0.319 e. The quantitative estimate of drug-likeness (QED) is 0.708. The van der Waals surface area contributed by atoms with Crippen LogP contribution >= 0.6 is 11.3 Å². The van der Waals surface area contributed by atoms with E-state index in [9.17, 15) is 9.59 Å². The van der Waals surface area contributed by atoms with Gasteiger partial charge < -0.3 is 15.4 Å². The molecule has 0 spiro atoms. The third-order valence-corrected chi connectivity index (χ3v) is 5.44. The molecule has 0 saturated heterocycles. The number of benzene rings is 1. The molecule has 2 aromatic heterocycles. The number of nitrogens with zero attached hydrogens (tertiary/aromatic N) is 2. The minimum atomic E-state index is -0.413. The summed E-state index contributed by atoms with van der Waals surface area (Å²) in [6, 6.07) is 9.48. The van der Waals surface area contributed by atoms with Crippen molar-refractivity contribution in [1.29, 1.82) is 0 Å². The van der Waals surface area contributed by atoms with Gasteiger partial charge in [-0.15, -0.1) is 11.3 Å². The molecule has 1 aliphatic carbocycles. The zero-order valence-corrected chi connectivity index (χ0v) is 15.4. The van der Waals surface area contributed by atoms with Gasteiger partial charge in [0.25, 0.3) is 5.56 Å². The van der Waals surface area contributed by atoms with Crippen molar-refractivity contribution >= 4 is 28.0 Å². The molecule has 2 heterocycles. The number of hydrogen-bond acceptors (Lipinski definition) is 5. The molecule has 0 bridgehead atoms. The molecule has 2 amide bonds. The van der Waals surface area contributed by atoms with Crippen molar-refractivity contribution in [2.24, 2.45) is 0 Å². The summed E-state index contributed by atoms with van der Waals surface area (Å²) in [6.07, 6.45) is 5.76. The molecular weight excluding hydrogens is 364 g/mol. The molecule has 0 unspecified atom stereocenters. The molecule has 0 radical (unpaired) electrons. The standard InChI is InChI=1S/C19H20N4O3S/c24-17-15(11-20-19-23(17)9-10-27-19)22-18(25)21-14-7-4-8-16(14)26-12-13-5-2-1-3-6-13/h1-3,5-6,9-11,14,16H,4,7-8,12H2,(H2,21,22,25)/t14-,16-/m1/s1. The first kappa shape index (κ1) is 17.7. The van der Waals surface area contributed by atoms with Gasteiger partial charge in [0, 0.05) is 11.6 Å². The van der Waals surface area contributed by atoms with E-state index >= 15 is 0 Å². The summed E-state index contributed by atoms with van der Waals surface area (Å²) in [7, 11) is 0. The number of anilines is 1. The zero-order valence-electron chi connectivity index (χ0n) is 14.6. The number of aromatic nitrogens is 2. The minimum Gasteiger partial charge on any atom is -0.371 e. The van der Waals surface area contributed by atoms with Crippen LogP contribution in [0.25, 0.3) is 4.96 Å². The van der Waals surface area contributed by atoms with Crippen molar-refractivity contribution in [2.45, 2.75) is 38.0 Å². The number of hydrogen-bond donors (Lipinski definition) is 2. The number of ether oxygens (including phenoxy) is 1. The Morgan fingerprint density at radius 1 is 1.30 bits per heavy atom. The maximum atomic E-state index is 12.4. The van der Waals surface area contributed by atoms with Crippen molar-refractivity contribution in [3.05, 3.63) is 64.0 Å². The van der Waals surface area contributed by atoms with Crippen molar-refractivity contribution in [1.82, 2.24) is 14.7 Å². The highest BCUT2D eigenvalue weighted by atomic mass is 32.1. The van der Waals surface area contributed by atoms with Gasteiger partial charge in [-0.1, -0.05) is 30.3 Å². The topological polar surface area (TPSA) is 84.7 Å². The van der Waals surface area contributed by atoms with E-state index in [0.29, 0.717) is 11.6 Å². The number of urea groups is 1. The summed E-state index contributed by atoms with van der Waals surface area (Å²) in [5.74, 6) is 0. The molecule has 27 heavy (non-hydrogen) atoms. The average molecular weight is 384 g/mol. The first-order valence-electron chi connectivity index (χ1n) is 8.88. The Labute approximate surface area is 160 Å². The molecule has 2 atom stereocenters. The van der Waals surface area contributed by atoms with Gasteiger partial charge in [-0.2, -0.15) is 0 Å². The van der Waals surface area contributed by atoms with E-state index in [1.54, 1.807) is 11.6 Å². The lowest BCUT2D eigenvalue weighted by atomic mass is 10.2. The lowest BCUT2D eigenvalue weighted by Gasteiger charge is -2.21. The van der Waals surface area contributed by atoms with Gasteiger partial charge in [-0.3, -0.25) is 9.20 Å². The minimum absolute atomic E-state index is 0.0328. The van der Waals surface area contributed by atoms with Gasteiger partial charge in [-0.25, -0.2) is 9.78 Å². The Morgan fingerprint density at radius 3 is 3.00 bits per heavy atom. The number of rotatable bonds is 5. The molecule has 3 aromatic rings. The summed E-state index contributed by atoms with van der Waals surface area (Å²) in [4.78, 5) is 29.5. The van der Waals surface area contributed by atoms with Crippen LogP contribution in [0.2, 0.25) is 0 Å². The second kappa shape index (κ2) is 7.89. The number of carbonyl (C=O) groups is 1. The highest BCUT2D eigenvalue weighted by Gasteiger charge is 2.29. The highest BCUT2D eigenvalue weighted by molar-refractivity contribution is 7.15. The Kier molecular flexibility index (Phi) is 5.17. The van der Waals surface area contributed by atoms with Crippen LogP contribution in [0.4, 0.5) is 10.5 Å². The van der Waals surface area contributed by atoms with Crippen LogP contribution in [-0.2, 0) is 11.3 Å². The predicted octanol–water partition coefficient (Wildman–Crippen LogP) is 3.02. The molecule has 1 aromatic carbocycles. The van der Waals surface area contributed by atoms with E-state index in [-0.39, 0.29) is 23.4 Å². The zero-order chi connectivity index (χ0) is 18.6. The van der Waals surface area contributed by atoms with E-state index in [0.717, 1.165) is 24.8 Å². The number of nitrogens with one attached hydrogen (secondary N) is 2. The molecule has 1 fully saturated rings. The van der Waals surface area contributed by atoms with Gasteiger partial charge in [0.1, 0.15) is 5.69 Å². The van der Waals surface area contributed by atoms with Crippen LogP contribution in [0, 0.1) is 0 Å². The first-order valence-corrected chi connectivity index (χ1v) is 9.76. The average Bonchev–Trinajstić information content (AvgIpc) is 3.33. The Balaban J connectivity index is 1.36. The molecule has 0 aliphatic heterocycles. The van der Waals surface area contributed by atoms with Crippen molar-refractivity contribution in [3.63, 3.8) is 0 Å². The van der Waals surface area contributed by atoms with E-state index in [2.05, 4.69) is 15.6 Å². The third kappa shape index (κ3) is 4.01. The summed E-state index contributed by atoms with van der Waals surface area (Å²) in [5.41, 5.74) is 0.971. The fourth-order valence-electron chi connectivity index (χ4n) is 3.31. The van der Waals surface area contributed by atoms with Crippen LogP contribution in [-0.4, -0.2) is 27.6 Å². The SMILES string of the molecule is O=C(Nc1cnc2sccn2c1=O)N[C@@H]1CCC[C@H]1OCc1ccccc1. The molecule has 2 N–H and O–H groups in total. The number of thiazole rings is 1. The van der Waals surface area contributed by atoms with Gasteiger partial charge in [0.2, 0.25) is 0 Å². The molecule has 1 saturated carbocycles. The van der Waals surface area contributed by atoms with Gasteiger partial charge >= 0.3 is 6.03 Å². The summed E-state index contributed by atoms with van der Waals surface area (Å²) >= 11 is 1.37. The molecule has 8 heteroatoms. The van der Waals surface area contributed by atoms with Crippen LogP contribution in [0.1, 0.15) is 24.8 Å². The Bertz CT molecular complexity index is 985. The second-order valence-corrected chi connectivity index (χ2v) is 7.38. The normalized spacial score (nSPS) is 19.3. The molecule has 140 valence electrons. The highest BCUT2D eigenvalue weighted by Crippen LogP contribution is 2.23. The Morgan fingerprint density at radius 2 is 2.15 bits per heavy atom. The van der Waals surface area contributed by atoms with Crippen molar-refractivity contribution < 1.29 is 9.53 Å². The molecular formula is C19H20N4O3S. The van der Waals surface area contributed by atoms with Crippen LogP contribution in [0.5, 0.6) is 0 Å². The maximum absolute atomic E-state index is 12.4. The van der Waals surface area contributed by atoms with Crippen molar-refractivity contribution in [3.8, 4) is 0 Å². The first-order chi connectivity index (χ1) is 13.2. The number of carbonyl (C=O) groups excluding carboxylic acids is 1. The lowest BCUT2D eigenvalue weighted by molar-refractivity contribution is 0.0305. The molecule has 4 rings (SSSR count). The molecule has 1 aliphatic rings. The smallest absolute Gasteiger partial charge is 0.319 e. The van der Waals surface area contributed by atoms with E-state index < -0.39 is 6.03 Å². The van der Waals surface area contributed by atoms with Crippen molar-refractivity contribution in [2.75, 3.05) is 5.32 Å². The number of fused-ring (bicyclic) bond motifs is 1. The van der Waals surface area contributed by atoms with Gasteiger partial charge in [0.05, 0.1) is 24.9 Å². The lowest BCUT2D eigenvalue weighted by Crippen LogP contribution is -2.43. The van der Waals surface area contributed by atoms with E-state index in [4.69, 9.17) is 4.74 Å².